The van der Waals surface area contributed by atoms with E-state index in [9.17, 15) is 20.1 Å². The highest BCUT2D eigenvalue weighted by atomic mass is 16.6. The molecule has 4 fully saturated rings. The van der Waals surface area contributed by atoms with E-state index in [1.807, 2.05) is 0 Å². The summed E-state index contributed by atoms with van der Waals surface area (Å²) in [6.07, 6.45) is 1.83. The number of rotatable bonds is 3. The molecule has 0 radical (unpaired) electrons. The lowest BCUT2D eigenvalue weighted by Gasteiger charge is -2.26. The van der Waals surface area contributed by atoms with Crippen molar-refractivity contribution in [3.63, 3.8) is 0 Å². The average molecular weight is 454 g/mol. The maximum absolute atomic E-state index is 12.4. The topological polar surface area (TPSA) is 169 Å². The van der Waals surface area contributed by atoms with E-state index in [-0.39, 0.29) is 34.8 Å². The van der Waals surface area contributed by atoms with Gasteiger partial charge in [0, 0.05) is 6.04 Å². The molecule has 6 rings (SSSR count). The molecule has 3 unspecified atom stereocenters. The Kier molecular flexibility index (Phi) is 4.64. The van der Waals surface area contributed by atoms with Crippen LogP contribution in [0.1, 0.15) is 50.6 Å². The number of amides is 1. The molecule has 3 aliphatic carbocycles. The molecule has 7 atom stereocenters. The first-order chi connectivity index (χ1) is 15.8. The first-order valence-corrected chi connectivity index (χ1v) is 11.4. The molecular weight excluding hydrogens is 428 g/mol. The van der Waals surface area contributed by atoms with Gasteiger partial charge in [-0.3, -0.25) is 9.36 Å². The SMILES string of the molecule is Nc1nc(C#CC2(O)CC3CCC2C3)nc2c1ncn2[C@@H]1O[C@H](C(=O)NC2CC2)[C@@H](O)[C@H]1O. The summed E-state index contributed by atoms with van der Waals surface area (Å²) in [6.45, 7) is 0. The Balaban J connectivity index is 1.30. The number of carbonyl (C=O) groups is 1. The lowest BCUT2D eigenvalue weighted by atomic mass is 9.85. The molecule has 174 valence electrons. The van der Waals surface area contributed by atoms with Gasteiger partial charge >= 0.3 is 0 Å². The predicted octanol–water partition coefficient (Wildman–Crippen LogP) is -0.791. The Morgan fingerprint density at radius 1 is 1.24 bits per heavy atom. The number of nitrogen functional groups attached to an aromatic ring is 1. The minimum absolute atomic E-state index is 0.0946. The third kappa shape index (κ3) is 3.45. The van der Waals surface area contributed by atoms with Gasteiger partial charge in [-0.1, -0.05) is 5.92 Å². The number of nitrogens with zero attached hydrogens (tertiary/aromatic N) is 4. The standard InChI is InChI=1S/C22H26N6O5/c23-18-14-19(27-13(26-18)5-6-22(32)8-10-1-2-11(22)7-10)28(9-24-14)21-16(30)15(29)17(33-21)20(31)25-12-3-4-12/h9-12,15-17,21,29-30,32H,1-4,7-8H2,(H,25,31)(H2,23,26,27)/t10?,11?,15-,16+,17-,21+,22?/m0/s1. The maximum atomic E-state index is 12.4. The van der Waals surface area contributed by atoms with Crippen LogP contribution in [0.5, 0.6) is 0 Å². The molecule has 6 N–H and O–H groups in total. The normalized spacial score (nSPS) is 37.3. The van der Waals surface area contributed by atoms with Gasteiger partial charge in [-0.05, 0) is 56.3 Å². The number of ether oxygens (including phenoxy) is 1. The number of imidazole rings is 1. The fourth-order valence-electron chi connectivity index (χ4n) is 5.42. The van der Waals surface area contributed by atoms with E-state index >= 15 is 0 Å². The molecule has 2 bridgehead atoms. The smallest absolute Gasteiger partial charge is 0.252 e. The van der Waals surface area contributed by atoms with Crippen LogP contribution in [-0.2, 0) is 9.53 Å². The van der Waals surface area contributed by atoms with Gasteiger partial charge in [0.2, 0.25) is 5.82 Å². The van der Waals surface area contributed by atoms with Crippen LogP contribution in [0.15, 0.2) is 6.33 Å². The van der Waals surface area contributed by atoms with Crippen LogP contribution in [-0.4, -0.2) is 70.7 Å². The molecular formula is C22H26N6O5. The number of fused-ring (bicyclic) bond motifs is 3. The second-order valence-corrected chi connectivity index (χ2v) is 9.72. The van der Waals surface area contributed by atoms with Crippen molar-refractivity contribution in [2.45, 2.75) is 74.7 Å². The molecule has 1 saturated heterocycles. The number of hydrogen-bond acceptors (Lipinski definition) is 9. The van der Waals surface area contributed by atoms with Crippen molar-refractivity contribution in [3.05, 3.63) is 12.2 Å². The van der Waals surface area contributed by atoms with Crippen LogP contribution in [0.25, 0.3) is 11.2 Å². The van der Waals surface area contributed by atoms with Gasteiger partial charge in [0.15, 0.2) is 23.8 Å². The number of hydrogen-bond donors (Lipinski definition) is 5. The molecule has 11 heteroatoms. The number of aromatic nitrogens is 4. The van der Waals surface area contributed by atoms with Gasteiger partial charge < -0.3 is 31.1 Å². The van der Waals surface area contributed by atoms with Gasteiger partial charge in [-0.15, -0.1) is 0 Å². The van der Waals surface area contributed by atoms with Crippen molar-refractivity contribution in [2.75, 3.05) is 5.73 Å². The molecule has 33 heavy (non-hydrogen) atoms. The summed E-state index contributed by atoms with van der Waals surface area (Å²) >= 11 is 0. The number of aliphatic hydroxyl groups is 3. The van der Waals surface area contributed by atoms with Gasteiger partial charge in [0.25, 0.3) is 5.91 Å². The van der Waals surface area contributed by atoms with E-state index in [0.717, 1.165) is 32.1 Å². The third-order valence-corrected chi connectivity index (χ3v) is 7.35. The van der Waals surface area contributed by atoms with Crippen molar-refractivity contribution < 1.29 is 24.9 Å². The van der Waals surface area contributed by atoms with E-state index in [2.05, 4.69) is 32.1 Å². The second kappa shape index (κ2) is 7.36. The Morgan fingerprint density at radius 3 is 2.76 bits per heavy atom. The summed E-state index contributed by atoms with van der Waals surface area (Å²) in [5.41, 5.74) is 5.58. The van der Waals surface area contributed by atoms with Crippen molar-refractivity contribution in [1.29, 1.82) is 0 Å². The Morgan fingerprint density at radius 2 is 2.06 bits per heavy atom. The van der Waals surface area contributed by atoms with Gasteiger partial charge in [-0.25, -0.2) is 15.0 Å². The van der Waals surface area contributed by atoms with E-state index in [1.54, 1.807) is 0 Å². The molecule has 4 aliphatic rings. The predicted molar refractivity (Wildman–Crippen MR) is 114 cm³/mol. The van der Waals surface area contributed by atoms with Gasteiger partial charge in [0.1, 0.15) is 23.3 Å². The molecule has 3 saturated carbocycles. The fraction of sp³-hybridized carbons (Fsp3) is 0.636. The van der Waals surface area contributed by atoms with Gasteiger partial charge in [-0.2, -0.15) is 0 Å². The number of nitrogens with one attached hydrogen (secondary N) is 1. The van der Waals surface area contributed by atoms with Crippen molar-refractivity contribution in [1.82, 2.24) is 24.8 Å². The highest BCUT2D eigenvalue weighted by molar-refractivity contribution is 5.83. The molecule has 1 aliphatic heterocycles. The first kappa shape index (κ1) is 20.8. The maximum Gasteiger partial charge on any atom is 0.252 e. The van der Waals surface area contributed by atoms with Crippen LogP contribution >= 0.6 is 0 Å². The highest BCUT2D eigenvalue weighted by Gasteiger charge is 2.50. The molecule has 0 aromatic carbocycles. The number of nitrogens with two attached hydrogens (primary N) is 1. The number of carbonyl (C=O) groups excluding carboxylic acids is 1. The van der Waals surface area contributed by atoms with Crippen LogP contribution in [0.2, 0.25) is 0 Å². The fourth-order valence-corrected chi connectivity index (χ4v) is 5.42. The van der Waals surface area contributed by atoms with Crippen molar-refractivity contribution in [3.8, 4) is 11.8 Å². The van der Waals surface area contributed by atoms with Crippen molar-refractivity contribution >= 4 is 22.9 Å². The summed E-state index contributed by atoms with van der Waals surface area (Å²) < 4.78 is 7.15. The number of anilines is 1. The van der Waals surface area contributed by atoms with E-state index < -0.39 is 36.0 Å². The van der Waals surface area contributed by atoms with E-state index in [4.69, 9.17) is 10.5 Å². The molecule has 2 aromatic heterocycles. The second-order valence-electron chi connectivity index (χ2n) is 9.72. The van der Waals surface area contributed by atoms with Gasteiger partial charge in [0.05, 0.1) is 6.33 Å². The zero-order valence-electron chi connectivity index (χ0n) is 17.9. The zero-order chi connectivity index (χ0) is 22.9. The zero-order valence-corrected chi connectivity index (χ0v) is 17.9. The molecule has 1 amide bonds. The number of aliphatic hydroxyl groups excluding tert-OH is 2. The molecule has 11 nitrogen and oxygen atoms in total. The lowest BCUT2D eigenvalue weighted by Crippen LogP contribution is -2.43. The summed E-state index contributed by atoms with van der Waals surface area (Å²) in [7, 11) is 0. The summed E-state index contributed by atoms with van der Waals surface area (Å²) in [5, 5.41) is 34.7. The molecule has 2 aromatic rings. The highest BCUT2D eigenvalue weighted by Crippen LogP contribution is 2.50. The van der Waals surface area contributed by atoms with E-state index in [1.165, 1.54) is 10.9 Å². The Bertz CT molecular complexity index is 1190. The van der Waals surface area contributed by atoms with Crippen LogP contribution < -0.4 is 11.1 Å². The van der Waals surface area contributed by atoms with Crippen LogP contribution in [0.3, 0.4) is 0 Å². The summed E-state index contributed by atoms with van der Waals surface area (Å²) in [4.78, 5) is 25.3. The molecule has 0 spiro atoms. The van der Waals surface area contributed by atoms with Crippen molar-refractivity contribution in [2.24, 2.45) is 11.8 Å². The van der Waals surface area contributed by atoms with Crippen LogP contribution in [0.4, 0.5) is 5.82 Å². The lowest BCUT2D eigenvalue weighted by molar-refractivity contribution is -0.137. The summed E-state index contributed by atoms with van der Waals surface area (Å²) in [5.74, 6) is 6.27. The van der Waals surface area contributed by atoms with E-state index in [0.29, 0.717) is 12.3 Å². The first-order valence-electron chi connectivity index (χ1n) is 11.4. The largest absolute Gasteiger partial charge is 0.387 e. The minimum atomic E-state index is -1.41. The Hall–Kier alpha value is -2.78. The average Bonchev–Trinajstić information content (AvgIpc) is 3.11. The monoisotopic (exact) mass is 454 g/mol. The van der Waals surface area contributed by atoms with Crippen LogP contribution in [0, 0.1) is 23.7 Å². The Labute approximate surface area is 189 Å². The minimum Gasteiger partial charge on any atom is -0.387 e. The third-order valence-electron chi connectivity index (χ3n) is 7.35. The quantitative estimate of drug-likeness (QED) is 0.373. The molecule has 3 heterocycles. The summed E-state index contributed by atoms with van der Waals surface area (Å²) in [6, 6.07) is 0.0946.